The number of aromatic nitrogens is 5. The van der Waals surface area contributed by atoms with E-state index in [9.17, 15) is 13.2 Å². The number of alkyl halides is 3. The maximum Gasteiger partial charge on any atom is 0.433 e. The molecule has 148 valence electrons. The van der Waals surface area contributed by atoms with Crippen LogP contribution in [0, 0.1) is 0 Å². The Bertz CT molecular complexity index is 1090. The second-order valence-corrected chi connectivity index (χ2v) is 6.46. The Morgan fingerprint density at radius 2 is 1.86 bits per heavy atom. The van der Waals surface area contributed by atoms with E-state index in [4.69, 9.17) is 0 Å². The molecule has 0 aliphatic carbocycles. The van der Waals surface area contributed by atoms with E-state index in [-0.39, 0.29) is 0 Å². The van der Waals surface area contributed by atoms with E-state index >= 15 is 0 Å². The number of anilines is 1. The Balaban J connectivity index is 1.52. The first-order chi connectivity index (χ1) is 14.0. The van der Waals surface area contributed by atoms with Gasteiger partial charge in [0.25, 0.3) is 0 Å². The van der Waals surface area contributed by atoms with Crippen LogP contribution in [-0.4, -0.2) is 31.5 Å². The Morgan fingerprint density at radius 3 is 2.59 bits per heavy atom. The summed E-state index contributed by atoms with van der Waals surface area (Å²) in [6.07, 6.45) is -0.891. The van der Waals surface area contributed by atoms with Crippen LogP contribution in [0.15, 0.2) is 60.9 Å². The van der Waals surface area contributed by atoms with Crippen molar-refractivity contribution in [3.63, 3.8) is 0 Å². The fourth-order valence-corrected chi connectivity index (χ4v) is 3.01. The minimum Gasteiger partial charge on any atom is -0.368 e. The maximum absolute atomic E-state index is 12.7. The second-order valence-electron chi connectivity index (χ2n) is 6.46. The van der Waals surface area contributed by atoms with Crippen LogP contribution in [0.25, 0.3) is 10.9 Å². The lowest BCUT2D eigenvalue weighted by Crippen LogP contribution is -2.09. The molecule has 0 atom stereocenters. The molecule has 0 fully saturated rings. The summed E-state index contributed by atoms with van der Waals surface area (Å²) in [4.78, 5) is 3.52. The van der Waals surface area contributed by atoms with Crippen LogP contribution in [0.3, 0.4) is 0 Å². The quantitative estimate of drug-likeness (QED) is 0.533. The minimum atomic E-state index is -4.45. The van der Waals surface area contributed by atoms with Crippen molar-refractivity contribution < 1.29 is 13.2 Å². The van der Waals surface area contributed by atoms with Gasteiger partial charge in [0, 0.05) is 30.7 Å². The number of rotatable bonds is 6. The topological polar surface area (TPSA) is 68.5 Å². The van der Waals surface area contributed by atoms with Gasteiger partial charge in [-0.3, -0.25) is 9.67 Å². The highest BCUT2D eigenvalue weighted by atomic mass is 19.4. The molecule has 1 aromatic carbocycles. The van der Waals surface area contributed by atoms with Crippen molar-refractivity contribution in [2.75, 3.05) is 11.9 Å². The molecule has 0 bridgehead atoms. The van der Waals surface area contributed by atoms with Crippen molar-refractivity contribution in [1.29, 1.82) is 0 Å². The third kappa shape index (κ3) is 4.34. The highest BCUT2D eigenvalue weighted by Gasteiger charge is 2.32. The molecule has 3 aromatic heterocycles. The summed E-state index contributed by atoms with van der Waals surface area (Å²) < 4.78 is 39.9. The molecule has 9 heteroatoms. The maximum atomic E-state index is 12.7. The Morgan fingerprint density at radius 1 is 1.00 bits per heavy atom. The summed E-state index contributed by atoms with van der Waals surface area (Å²) in [6, 6.07) is 13.8. The van der Waals surface area contributed by atoms with Gasteiger partial charge in [-0.1, -0.05) is 18.2 Å². The normalized spacial score (nSPS) is 11.7. The number of hydrogen-bond acceptors (Lipinski definition) is 5. The molecule has 0 aliphatic rings. The first kappa shape index (κ1) is 18.9. The molecule has 6 nitrogen and oxygen atoms in total. The van der Waals surface area contributed by atoms with E-state index in [1.807, 2.05) is 36.4 Å². The van der Waals surface area contributed by atoms with Crippen LogP contribution in [0.5, 0.6) is 0 Å². The van der Waals surface area contributed by atoms with Gasteiger partial charge in [-0.15, -0.1) is 0 Å². The van der Waals surface area contributed by atoms with Crippen molar-refractivity contribution in [2.45, 2.75) is 19.1 Å². The van der Waals surface area contributed by atoms with Gasteiger partial charge in [-0.25, -0.2) is 0 Å². The van der Waals surface area contributed by atoms with Gasteiger partial charge in [-0.05, 0) is 35.9 Å². The van der Waals surface area contributed by atoms with Crippen molar-refractivity contribution in [1.82, 2.24) is 25.0 Å². The first-order valence-corrected chi connectivity index (χ1v) is 8.99. The minimum absolute atomic E-state index is 0.317. The molecule has 3 heterocycles. The summed E-state index contributed by atoms with van der Waals surface area (Å²) in [5.74, 6) is 0.712. The zero-order valence-electron chi connectivity index (χ0n) is 15.3. The zero-order valence-corrected chi connectivity index (χ0v) is 15.3. The molecule has 4 aromatic rings. The summed E-state index contributed by atoms with van der Waals surface area (Å²) in [7, 11) is 0. The van der Waals surface area contributed by atoms with Crippen molar-refractivity contribution in [2.24, 2.45) is 0 Å². The Labute approximate surface area is 164 Å². The van der Waals surface area contributed by atoms with E-state index in [0.29, 0.717) is 30.9 Å². The molecule has 0 aliphatic heterocycles. The number of nitrogens with one attached hydrogen (secondary N) is 1. The number of benzene rings is 1. The Hall–Kier alpha value is -3.49. The van der Waals surface area contributed by atoms with Crippen LogP contribution in [0.2, 0.25) is 0 Å². The monoisotopic (exact) mass is 398 g/mol. The smallest absolute Gasteiger partial charge is 0.368 e. The van der Waals surface area contributed by atoms with E-state index in [2.05, 4.69) is 25.6 Å². The van der Waals surface area contributed by atoms with Crippen LogP contribution in [0.1, 0.15) is 17.0 Å². The molecule has 0 spiro atoms. The van der Waals surface area contributed by atoms with E-state index in [1.54, 1.807) is 10.9 Å². The predicted molar refractivity (Wildman–Crippen MR) is 102 cm³/mol. The lowest BCUT2D eigenvalue weighted by molar-refractivity contribution is -0.141. The summed E-state index contributed by atoms with van der Waals surface area (Å²) in [6.45, 7) is 0.943. The van der Waals surface area contributed by atoms with Crippen molar-refractivity contribution in [3.8, 4) is 0 Å². The number of para-hydroxylation sites is 1. The molecule has 0 saturated carbocycles. The fourth-order valence-electron chi connectivity index (χ4n) is 3.01. The summed E-state index contributed by atoms with van der Waals surface area (Å²) in [5.41, 5.74) is 1.49. The predicted octanol–water partition coefficient (Wildman–Crippen LogP) is 3.94. The van der Waals surface area contributed by atoms with Gasteiger partial charge in [0.1, 0.15) is 5.69 Å². The van der Waals surface area contributed by atoms with Gasteiger partial charge in [0.05, 0.1) is 17.8 Å². The largest absolute Gasteiger partial charge is 0.433 e. The van der Waals surface area contributed by atoms with Crippen LogP contribution in [-0.2, 0) is 19.1 Å². The van der Waals surface area contributed by atoms with E-state index in [0.717, 1.165) is 22.7 Å². The van der Waals surface area contributed by atoms with Gasteiger partial charge in [0.2, 0.25) is 0 Å². The van der Waals surface area contributed by atoms with Gasteiger partial charge < -0.3 is 5.32 Å². The summed E-state index contributed by atoms with van der Waals surface area (Å²) >= 11 is 0. The number of pyridine rings is 1. The van der Waals surface area contributed by atoms with Crippen LogP contribution in [0.4, 0.5) is 19.0 Å². The average molecular weight is 398 g/mol. The van der Waals surface area contributed by atoms with Gasteiger partial charge in [0.15, 0.2) is 5.82 Å². The molecular weight excluding hydrogens is 381 g/mol. The number of nitrogens with zero attached hydrogens (tertiary/aromatic N) is 5. The highest BCUT2D eigenvalue weighted by Crippen LogP contribution is 2.28. The fraction of sp³-hybridized carbons (Fsp3) is 0.200. The highest BCUT2D eigenvalue weighted by molar-refractivity contribution is 5.90. The molecule has 0 amide bonds. The third-order valence-corrected chi connectivity index (χ3v) is 4.41. The standard InChI is InChI=1S/C20H17F3N6/c21-20(22,23)18-8-7-14(12-25-18)13-29-17-6-2-1-5-16(17)19(28-29)24-11-9-15-4-3-10-26-27-15/h1-8,10,12H,9,11,13H2,(H,24,28). The van der Waals surface area contributed by atoms with Crippen molar-refractivity contribution in [3.05, 3.63) is 77.9 Å². The van der Waals surface area contributed by atoms with E-state index in [1.165, 1.54) is 12.3 Å². The molecule has 1 N–H and O–H groups in total. The van der Waals surface area contributed by atoms with Gasteiger partial charge >= 0.3 is 6.18 Å². The van der Waals surface area contributed by atoms with E-state index < -0.39 is 11.9 Å². The SMILES string of the molecule is FC(F)(F)c1ccc(Cn2nc(NCCc3cccnn3)c3ccccc32)cn1. The van der Waals surface area contributed by atoms with Crippen molar-refractivity contribution >= 4 is 16.7 Å². The molecular formula is C20H17F3N6. The zero-order chi connectivity index (χ0) is 20.3. The summed E-state index contributed by atoms with van der Waals surface area (Å²) in [5, 5.41) is 16.8. The molecule has 29 heavy (non-hydrogen) atoms. The lowest BCUT2D eigenvalue weighted by Gasteiger charge is -2.07. The number of halogens is 3. The Kier molecular flexibility index (Phi) is 5.11. The number of hydrogen-bond donors (Lipinski definition) is 1. The van der Waals surface area contributed by atoms with Gasteiger partial charge in [-0.2, -0.15) is 28.5 Å². The average Bonchev–Trinajstić information content (AvgIpc) is 3.06. The molecule has 4 rings (SSSR count). The lowest BCUT2D eigenvalue weighted by atomic mass is 10.2. The molecule has 0 unspecified atom stereocenters. The number of fused-ring (bicyclic) bond motifs is 1. The second kappa shape index (κ2) is 7.86. The molecule has 0 saturated heterocycles. The van der Waals surface area contributed by atoms with Crippen LogP contribution < -0.4 is 5.32 Å². The molecule has 0 radical (unpaired) electrons. The third-order valence-electron chi connectivity index (χ3n) is 4.41. The first-order valence-electron chi connectivity index (χ1n) is 8.99. The van der Waals surface area contributed by atoms with Crippen LogP contribution >= 0.6 is 0 Å².